The van der Waals surface area contributed by atoms with Crippen molar-refractivity contribution in [1.82, 2.24) is 15.5 Å². The number of carboxylic acids is 1. The zero-order valence-electron chi connectivity index (χ0n) is 20.4. The molecule has 0 radical (unpaired) electrons. The number of imide groups is 1. The molecule has 0 aliphatic rings. The highest BCUT2D eigenvalue weighted by atomic mass is 32.2. The third kappa shape index (κ3) is 10.8. The summed E-state index contributed by atoms with van der Waals surface area (Å²) in [5.41, 5.74) is 4.89. The molecule has 2 atom stereocenters. The number of carbonyl (C=O) groups is 5. The molecular weight excluding hydrogens is 476 g/mol. The van der Waals surface area contributed by atoms with E-state index in [9.17, 15) is 29.1 Å². The third-order valence-corrected chi connectivity index (χ3v) is 5.21. The predicted molar refractivity (Wildman–Crippen MR) is 132 cm³/mol. The van der Waals surface area contributed by atoms with Crippen molar-refractivity contribution in [3.05, 3.63) is 35.9 Å². The van der Waals surface area contributed by atoms with Crippen LogP contribution in [0.25, 0.3) is 0 Å². The monoisotopic (exact) mass is 510 g/mol. The second kappa shape index (κ2) is 14.3. The van der Waals surface area contributed by atoms with Crippen LogP contribution in [0.3, 0.4) is 0 Å². The number of benzene rings is 1. The summed E-state index contributed by atoms with van der Waals surface area (Å²) in [5.74, 6) is -3.22. The molecule has 0 aromatic heterocycles. The molecule has 1 rings (SSSR count). The Morgan fingerprint density at radius 3 is 2.26 bits per heavy atom. The van der Waals surface area contributed by atoms with Crippen molar-refractivity contribution >= 4 is 41.5 Å². The van der Waals surface area contributed by atoms with Gasteiger partial charge in [0.1, 0.15) is 17.7 Å². The second-order valence-electron chi connectivity index (χ2n) is 8.61. The summed E-state index contributed by atoms with van der Waals surface area (Å²) >= 11 is 1.36. The van der Waals surface area contributed by atoms with E-state index in [2.05, 4.69) is 10.6 Å². The summed E-state index contributed by atoms with van der Waals surface area (Å²) in [6.45, 7) is 4.01. The first kappa shape index (κ1) is 29.9. The van der Waals surface area contributed by atoms with E-state index in [1.165, 1.54) is 11.8 Å². The first-order valence-corrected chi connectivity index (χ1v) is 12.4. The van der Waals surface area contributed by atoms with Crippen molar-refractivity contribution in [2.24, 2.45) is 5.73 Å². The van der Waals surface area contributed by atoms with Crippen molar-refractivity contribution in [1.29, 1.82) is 0 Å². The molecule has 0 aliphatic heterocycles. The van der Waals surface area contributed by atoms with Crippen molar-refractivity contribution in [2.75, 3.05) is 25.1 Å². The number of ether oxygens (including phenoxy) is 1. The van der Waals surface area contributed by atoms with Crippen LogP contribution in [0.5, 0.6) is 0 Å². The number of rotatable bonds is 12. The zero-order chi connectivity index (χ0) is 26.6. The topological polar surface area (TPSA) is 168 Å². The average Bonchev–Trinajstić information content (AvgIpc) is 2.78. The molecule has 12 heteroatoms. The lowest BCUT2D eigenvalue weighted by atomic mass is 10.0. The maximum Gasteiger partial charge on any atom is 0.417 e. The quantitative estimate of drug-likeness (QED) is 0.317. The fourth-order valence-electron chi connectivity index (χ4n) is 2.99. The van der Waals surface area contributed by atoms with Crippen LogP contribution in [-0.4, -0.2) is 82.6 Å². The van der Waals surface area contributed by atoms with Gasteiger partial charge in [-0.25, -0.2) is 14.5 Å². The fourth-order valence-corrected chi connectivity index (χ4v) is 3.45. The van der Waals surface area contributed by atoms with Crippen molar-refractivity contribution in [2.45, 2.75) is 51.3 Å². The summed E-state index contributed by atoms with van der Waals surface area (Å²) in [5, 5.41) is 14.6. The number of aliphatic carboxylic acids is 1. The minimum absolute atomic E-state index is 0.0138. The molecule has 0 bridgehead atoms. The summed E-state index contributed by atoms with van der Waals surface area (Å²) in [4.78, 5) is 63.2. The number of carboxylic acid groups (broad SMARTS) is 1. The Balaban J connectivity index is 3.35. The Morgan fingerprint density at radius 1 is 1.11 bits per heavy atom. The van der Waals surface area contributed by atoms with Gasteiger partial charge in [-0.3, -0.25) is 14.4 Å². The third-order valence-electron chi connectivity index (χ3n) is 4.57. The van der Waals surface area contributed by atoms with Gasteiger partial charge in [0, 0.05) is 6.42 Å². The van der Waals surface area contributed by atoms with Crippen LogP contribution < -0.4 is 16.4 Å². The van der Waals surface area contributed by atoms with Gasteiger partial charge in [0.15, 0.2) is 0 Å². The van der Waals surface area contributed by atoms with Gasteiger partial charge in [0.05, 0.1) is 13.1 Å². The number of amides is 4. The van der Waals surface area contributed by atoms with E-state index < -0.39 is 54.0 Å². The van der Waals surface area contributed by atoms with Gasteiger partial charge in [-0.2, -0.15) is 11.8 Å². The number of nitrogens with zero attached hydrogens (tertiary/aromatic N) is 1. The van der Waals surface area contributed by atoms with Crippen LogP contribution in [-0.2, 0) is 30.3 Å². The van der Waals surface area contributed by atoms with E-state index in [-0.39, 0.29) is 19.4 Å². The Bertz CT molecular complexity index is 890. The minimum atomic E-state index is -1.50. The molecule has 5 N–H and O–H groups in total. The summed E-state index contributed by atoms with van der Waals surface area (Å²) in [6.07, 6.45) is 0.608. The molecule has 0 heterocycles. The first-order chi connectivity index (χ1) is 16.4. The standard InChI is InChI=1S/C23H34N4O7S/c1-23(2,3)34-22(33)27(17(21(31)32)10-11-35-4)20(30)16(12-15-8-6-5-7-9-15)26-19(29)14-25-18(28)13-24/h5-9,16-17H,10-14,24H2,1-4H3,(H,25,28)(H,26,29)(H,31,32)/t16-,17-/m0/s1. The number of nitrogens with two attached hydrogens (primary N) is 1. The van der Waals surface area contributed by atoms with Crippen LogP contribution in [0.2, 0.25) is 0 Å². The molecule has 35 heavy (non-hydrogen) atoms. The highest BCUT2D eigenvalue weighted by Gasteiger charge is 2.40. The van der Waals surface area contributed by atoms with E-state index in [0.717, 1.165) is 0 Å². The minimum Gasteiger partial charge on any atom is -0.480 e. The lowest BCUT2D eigenvalue weighted by molar-refractivity contribution is -0.150. The largest absolute Gasteiger partial charge is 0.480 e. The van der Waals surface area contributed by atoms with Crippen LogP contribution in [0.15, 0.2) is 30.3 Å². The van der Waals surface area contributed by atoms with E-state index in [1.807, 2.05) is 0 Å². The van der Waals surface area contributed by atoms with Crippen molar-refractivity contribution in [3.63, 3.8) is 0 Å². The van der Waals surface area contributed by atoms with E-state index in [0.29, 0.717) is 16.2 Å². The summed E-state index contributed by atoms with van der Waals surface area (Å²) < 4.78 is 5.34. The Kier molecular flexibility index (Phi) is 12.2. The Hall–Kier alpha value is -3.12. The molecule has 11 nitrogen and oxygen atoms in total. The normalized spacial score (nSPS) is 12.7. The number of hydrogen-bond donors (Lipinski definition) is 4. The van der Waals surface area contributed by atoms with Crippen LogP contribution >= 0.6 is 11.8 Å². The van der Waals surface area contributed by atoms with Gasteiger partial charge in [-0.05, 0) is 44.8 Å². The molecule has 1 aromatic carbocycles. The molecule has 194 valence electrons. The van der Waals surface area contributed by atoms with Gasteiger partial charge < -0.3 is 26.2 Å². The maximum atomic E-state index is 13.6. The van der Waals surface area contributed by atoms with Crippen molar-refractivity contribution in [3.8, 4) is 0 Å². The predicted octanol–water partition coefficient (Wildman–Crippen LogP) is 0.759. The van der Waals surface area contributed by atoms with Gasteiger partial charge >= 0.3 is 12.1 Å². The average molecular weight is 511 g/mol. The molecule has 0 fully saturated rings. The Morgan fingerprint density at radius 2 is 1.74 bits per heavy atom. The molecule has 4 amide bonds. The lowest BCUT2D eigenvalue weighted by Gasteiger charge is -2.32. The summed E-state index contributed by atoms with van der Waals surface area (Å²) in [6, 6.07) is 5.90. The van der Waals surface area contributed by atoms with E-state index in [1.54, 1.807) is 57.4 Å². The van der Waals surface area contributed by atoms with E-state index in [4.69, 9.17) is 10.5 Å². The fraction of sp³-hybridized carbons (Fsp3) is 0.522. The molecule has 0 unspecified atom stereocenters. The highest BCUT2D eigenvalue weighted by Crippen LogP contribution is 2.18. The molecule has 0 saturated carbocycles. The van der Waals surface area contributed by atoms with Crippen LogP contribution in [0, 0.1) is 0 Å². The lowest BCUT2D eigenvalue weighted by Crippen LogP contribution is -2.58. The zero-order valence-corrected chi connectivity index (χ0v) is 21.2. The molecule has 0 saturated heterocycles. The molecular formula is C23H34N4O7S. The Labute approximate surface area is 209 Å². The first-order valence-electron chi connectivity index (χ1n) is 11.0. The van der Waals surface area contributed by atoms with Crippen molar-refractivity contribution < 1.29 is 33.8 Å². The molecule has 0 aliphatic carbocycles. The molecule has 0 spiro atoms. The smallest absolute Gasteiger partial charge is 0.417 e. The second-order valence-corrected chi connectivity index (χ2v) is 9.60. The van der Waals surface area contributed by atoms with Gasteiger partial charge in [0.25, 0.3) is 5.91 Å². The number of thioether (sulfide) groups is 1. The summed E-state index contributed by atoms with van der Waals surface area (Å²) in [7, 11) is 0. The van der Waals surface area contributed by atoms with Gasteiger partial charge in [0.2, 0.25) is 11.8 Å². The van der Waals surface area contributed by atoms with Gasteiger partial charge in [-0.15, -0.1) is 0 Å². The number of nitrogens with one attached hydrogen (secondary N) is 2. The number of hydrogen-bond acceptors (Lipinski definition) is 8. The van der Waals surface area contributed by atoms with Crippen LogP contribution in [0.4, 0.5) is 4.79 Å². The number of carbonyl (C=O) groups excluding carboxylic acids is 4. The highest BCUT2D eigenvalue weighted by molar-refractivity contribution is 7.98. The molecule has 1 aromatic rings. The van der Waals surface area contributed by atoms with E-state index >= 15 is 0 Å². The SMILES string of the molecule is CSCC[C@@H](C(=O)O)N(C(=O)OC(C)(C)C)C(=O)[C@H](Cc1ccccc1)NC(=O)CNC(=O)CN. The van der Waals surface area contributed by atoms with Crippen LogP contribution in [0.1, 0.15) is 32.8 Å². The maximum absolute atomic E-state index is 13.6. The van der Waals surface area contributed by atoms with Gasteiger partial charge in [-0.1, -0.05) is 30.3 Å².